The number of sulfone groups is 1. The average Bonchev–Trinajstić information content (AvgIpc) is 2.76. The van der Waals surface area contributed by atoms with Gasteiger partial charge in [-0.3, -0.25) is 4.79 Å². The third kappa shape index (κ3) is 3.04. The van der Waals surface area contributed by atoms with Crippen LogP contribution in [0.1, 0.15) is 23.2 Å². The fourth-order valence-corrected chi connectivity index (χ4v) is 4.07. The largest absolute Gasteiger partial charge is 0.397 e. The molecule has 0 aromatic heterocycles. The summed E-state index contributed by atoms with van der Waals surface area (Å²) in [6.07, 6.45) is 1.38. The zero-order chi connectivity index (χ0) is 14.8. The van der Waals surface area contributed by atoms with Gasteiger partial charge < -0.3 is 16.4 Å². The molecule has 1 fully saturated rings. The van der Waals surface area contributed by atoms with Gasteiger partial charge in [0.1, 0.15) is 0 Å². The first-order chi connectivity index (χ1) is 9.44. The van der Waals surface area contributed by atoms with Crippen molar-refractivity contribution in [2.75, 3.05) is 30.4 Å². The van der Waals surface area contributed by atoms with Crippen LogP contribution in [0.25, 0.3) is 0 Å². The minimum absolute atomic E-state index is 0.207. The van der Waals surface area contributed by atoms with E-state index in [9.17, 15) is 13.2 Å². The van der Waals surface area contributed by atoms with Crippen LogP contribution in [0.3, 0.4) is 0 Å². The van der Waals surface area contributed by atoms with Crippen molar-refractivity contribution in [1.82, 2.24) is 5.32 Å². The molecule has 0 aliphatic carbocycles. The van der Waals surface area contributed by atoms with E-state index < -0.39 is 9.84 Å². The van der Waals surface area contributed by atoms with E-state index in [1.54, 1.807) is 25.2 Å². The molecule has 1 aliphatic heterocycles. The molecule has 2 rings (SSSR count). The van der Waals surface area contributed by atoms with Gasteiger partial charge in [0.2, 0.25) is 0 Å². The van der Waals surface area contributed by atoms with E-state index in [1.807, 2.05) is 0 Å². The summed E-state index contributed by atoms with van der Waals surface area (Å²) in [4.78, 5) is 11.6. The first-order valence-electron chi connectivity index (χ1n) is 6.51. The van der Waals surface area contributed by atoms with Crippen LogP contribution in [0.4, 0.5) is 11.4 Å². The molecule has 1 heterocycles. The van der Waals surface area contributed by atoms with Crippen molar-refractivity contribution in [3.63, 3.8) is 0 Å². The third-order valence-corrected chi connectivity index (χ3v) is 5.80. The predicted molar refractivity (Wildman–Crippen MR) is 79.5 cm³/mol. The molecule has 20 heavy (non-hydrogen) atoms. The van der Waals surface area contributed by atoms with Crippen LogP contribution in [-0.4, -0.2) is 38.9 Å². The lowest BCUT2D eigenvalue weighted by atomic mass is 10.1. The maximum Gasteiger partial charge on any atom is 0.251 e. The normalized spacial score (nSPS) is 20.6. The molecule has 1 aliphatic rings. The van der Waals surface area contributed by atoms with Crippen LogP contribution in [-0.2, 0) is 9.84 Å². The number of amides is 1. The number of anilines is 2. The lowest BCUT2D eigenvalue weighted by Gasteiger charge is -2.14. The van der Waals surface area contributed by atoms with Crippen LogP contribution in [0.2, 0.25) is 0 Å². The number of benzene rings is 1. The summed E-state index contributed by atoms with van der Waals surface area (Å²) in [6.45, 7) is 0.323. The average molecular weight is 297 g/mol. The first kappa shape index (κ1) is 14.6. The SMILES string of the molecule is CNC(=O)c1ccc(N)c(NCC2CCCS2(=O)=O)c1. The zero-order valence-electron chi connectivity index (χ0n) is 11.3. The van der Waals surface area contributed by atoms with Crippen molar-refractivity contribution < 1.29 is 13.2 Å². The molecule has 1 atom stereocenters. The number of nitrogens with one attached hydrogen (secondary N) is 2. The van der Waals surface area contributed by atoms with Gasteiger partial charge in [0.25, 0.3) is 5.91 Å². The number of hydrogen-bond acceptors (Lipinski definition) is 5. The van der Waals surface area contributed by atoms with Crippen LogP contribution in [0.15, 0.2) is 18.2 Å². The molecule has 1 amide bonds. The summed E-state index contributed by atoms with van der Waals surface area (Å²) in [5, 5.41) is 5.21. The maximum atomic E-state index is 11.8. The van der Waals surface area contributed by atoms with Gasteiger partial charge >= 0.3 is 0 Å². The summed E-state index contributed by atoms with van der Waals surface area (Å²) < 4.78 is 23.5. The molecule has 1 unspecified atom stereocenters. The van der Waals surface area contributed by atoms with Crippen LogP contribution >= 0.6 is 0 Å². The molecule has 110 valence electrons. The number of rotatable bonds is 4. The van der Waals surface area contributed by atoms with Crippen LogP contribution < -0.4 is 16.4 Å². The number of carbonyl (C=O) groups excluding carboxylic acids is 1. The van der Waals surface area contributed by atoms with Crippen molar-refractivity contribution in [3.05, 3.63) is 23.8 Å². The lowest BCUT2D eigenvalue weighted by molar-refractivity contribution is 0.0963. The highest BCUT2D eigenvalue weighted by Crippen LogP contribution is 2.24. The molecule has 4 N–H and O–H groups in total. The monoisotopic (exact) mass is 297 g/mol. The fraction of sp³-hybridized carbons (Fsp3) is 0.462. The van der Waals surface area contributed by atoms with Crippen molar-refractivity contribution >= 4 is 27.1 Å². The summed E-state index contributed by atoms with van der Waals surface area (Å²) in [5.41, 5.74) is 7.41. The van der Waals surface area contributed by atoms with Gasteiger partial charge in [0.15, 0.2) is 9.84 Å². The Kier molecular flexibility index (Phi) is 4.17. The Labute approximate surface area is 118 Å². The molecule has 1 saturated heterocycles. The first-order valence-corrected chi connectivity index (χ1v) is 8.22. The molecule has 0 bridgehead atoms. The highest BCUT2D eigenvalue weighted by atomic mass is 32.2. The molecular formula is C13H19N3O3S. The van der Waals surface area contributed by atoms with Gasteiger partial charge in [0.05, 0.1) is 22.4 Å². The van der Waals surface area contributed by atoms with Gasteiger partial charge in [0, 0.05) is 19.2 Å². The number of nitrogens with two attached hydrogens (primary N) is 1. The van der Waals surface area contributed by atoms with E-state index in [-0.39, 0.29) is 16.9 Å². The Morgan fingerprint density at radius 1 is 1.45 bits per heavy atom. The number of nitrogen functional groups attached to an aromatic ring is 1. The Morgan fingerprint density at radius 2 is 2.20 bits per heavy atom. The smallest absolute Gasteiger partial charge is 0.251 e. The van der Waals surface area contributed by atoms with E-state index in [1.165, 1.54) is 0 Å². The molecule has 1 aromatic carbocycles. The summed E-state index contributed by atoms with van der Waals surface area (Å²) in [7, 11) is -1.43. The Hall–Kier alpha value is -1.76. The molecule has 0 saturated carbocycles. The maximum absolute atomic E-state index is 11.8. The van der Waals surface area contributed by atoms with Crippen molar-refractivity contribution in [3.8, 4) is 0 Å². The number of carbonyl (C=O) groups is 1. The minimum atomic E-state index is -2.98. The Bertz CT molecular complexity index is 613. The third-order valence-electron chi connectivity index (χ3n) is 3.53. The van der Waals surface area contributed by atoms with E-state index in [0.29, 0.717) is 36.3 Å². The van der Waals surface area contributed by atoms with Gasteiger partial charge in [-0.1, -0.05) is 0 Å². The summed E-state index contributed by atoms with van der Waals surface area (Å²) in [5.74, 6) is 0.0501. The molecular weight excluding hydrogens is 278 g/mol. The van der Waals surface area contributed by atoms with Crippen molar-refractivity contribution in [2.45, 2.75) is 18.1 Å². The summed E-state index contributed by atoms with van der Waals surface area (Å²) in [6, 6.07) is 4.90. The molecule has 0 spiro atoms. The predicted octanol–water partition coefficient (Wildman–Crippen LogP) is 0.617. The highest BCUT2D eigenvalue weighted by Gasteiger charge is 2.30. The van der Waals surface area contributed by atoms with Crippen molar-refractivity contribution in [1.29, 1.82) is 0 Å². The molecule has 6 nitrogen and oxygen atoms in total. The second kappa shape index (κ2) is 5.70. The Balaban J connectivity index is 2.11. The van der Waals surface area contributed by atoms with Gasteiger partial charge in [-0.05, 0) is 31.0 Å². The topological polar surface area (TPSA) is 101 Å². The quantitative estimate of drug-likeness (QED) is 0.707. The second-order valence-electron chi connectivity index (χ2n) is 4.89. The van der Waals surface area contributed by atoms with Gasteiger partial charge in [-0.25, -0.2) is 8.42 Å². The zero-order valence-corrected chi connectivity index (χ0v) is 12.2. The highest BCUT2D eigenvalue weighted by molar-refractivity contribution is 7.92. The molecule has 1 aromatic rings. The standard InChI is InChI=1S/C13H19N3O3S/c1-15-13(17)9-4-5-11(14)12(7-9)16-8-10-3-2-6-20(10,18)19/h4-5,7,10,16H,2-3,6,8,14H2,1H3,(H,15,17). The molecule has 0 radical (unpaired) electrons. The van der Waals surface area contributed by atoms with Crippen LogP contribution in [0, 0.1) is 0 Å². The van der Waals surface area contributed by atoms with Crippen molar-refractivity contribution in [2.24, 2.45) is 0 Å². The van der Waals surface area contributed by atoms with E-state index in [2.05, 4.69) is 10.6 Å². The Morgan fingerprint density at radius 3 is 2.80 bits per heavy atom. The lowest BCUT2D eigenvalue weighted by Crippen LogP contribution is -2.25. The minimum Gasteiger partial charge on any atom is -0.397 e. The second-order valence-corrected chi connectivity index (χ2v) is 7.29. The van der Waals surface area contributed by atoms with Gasteiger partial charge in [-0.2, -0.15) is 0 Å². The van der Waals surface area contributed by atoms with Gasteiger partial charge in [-0.15, -0.1) is 0 Å². The van der Waals surface area contributed by atoms with E-state index >= 15 is 0 Å². The fourth-order valence-electron chi connectivity index (χ4n) is 2.31. The summed E-state index contributed by atoms with van der Waals surface area (Å²) >= 11 is 0. The van der Waals surface area contributed by atoms with Crippen LogP contribution in [0.5, 0.6) is 0 Å². The van der Waals surface area contributed by atoms with E-state index in [0.717, 1.165) is 0 Å². The number of hydrogen-bond donors (Lipinski definition) is 3. The van der Waals surface area contributed by atoms with E-state index in [4.69, 9.17) is 5.73 Å². The molecule has 7 heteroatoms.